The highest BCUT2D eigenvalue weighted by atomic mass is 16.5. The van der Waals surface area contributed by atoms with Crippen molar-refractivity contribution < 1.29 is 24.2 Å². The third kappa shape index (κ3) is 6.99. The van der Waals surface area contributed by atoms with E-state index in [0.29, 0.717) is 48.0 Å². The van der Waals surface area contributed by atoms with E-state index in [1.807, 2.05) is 24.3 Å². The number of imide groups is 1. The maximum Gasteiger partial charge on any atom is 0.255 e. The molecule has 4 saturated heterocycles. The zero-order chi connectivity index (χ0) is 36.8. The number of hydrogen-bond donors (Lipinski definition) is 2. The van der Waals surface area contributed by atoms with Crippen LogP contribution in [0.15, 0.2) is 60.7 Å². The molecule has 0 aromatic heterocycles. The van der Waals surface area contributed by atoms with Crippen LogP contribution in [0, 0.1) is 17.8 Å². The molecular formula is C44H53N5O5. The fourth-order valence-corrected chi connectivity index (χ4v) is 10.5. The van der Waals surface area contributed by atoms with E-state index in [1.54, 1.807) is 4.90 Å². The lowest BCUT2D eigenvalue weighted by atomic mass is 9.65. The van der Waals surface area contributed by atoms with Gasteiger partial charge in [-0.2, -0.15) is 0 Å². The molecule has 0 saturated carbocycles. The van der Waals surface area contributed by atoms with Crippen molar-refractivity contribution in [3.05, 3.63) is 88.5 Å². The van der Waals surface area contributed by atoms with Crippen molar-refractivity contribution in [1.82, 2.24) is 15.1 Å². The molecule has 0 bridgehead atoms. The summed E-state index contributed by atoms with van der Waals surface area (Å²) in [5.74, 6) is 1.96. The molecule has 2 N–H and O–H groups in total. The number of carbonyl (C=O) groups excluding carboxylic acids is 3. The first-order chi connectivity index (χ1) is 26.4. The maximum atomic E-state index is 13.2. The molecule has 54 heavy (non-hydrogen) atoms. The molecule has 3 amide bonds. The second kappa shape index (κ2) is 15.0. The summed E-state index contributed by atoms with van der Waals surface area (Å²) in [5, 5.41) is 12.6. The Hall–Kier alpha value is -4.41. The second-order valence-electron chi connectivity index (χ2n) is 16.6. The summed E-state index contributed by atoms with van der Waals surface area (Å²) >= 11 is 0. The number of nitrogens with one attached hydrogen (secondary N) is 1. The minimum absolute atomic E-state index is 0.119. The molecule has 10 nitrogen and oxygen atoms in total. The first kappa shape index (κ1) is 35.3. The molecule has 3 aromatic rings. The Morgan fingerprint density at radius 1 is 0.722 bits per heavy atom. The number of phenolic OH excluding ortho intramolecular Hbond substituents is 1. The molecule has 10 heteroatoms. The van der Waals surface area contributed by atoms with Crippen molar-refractivity contribution >= 4 is 29.1 Å². The molecule has 5 aliphatic heterocycles. The summed E-state index contributed by atoms with van der Waals surface area (Å²) in [6.45, 7) is 9.44. The number of ether oxygens (including phenoxy) is 1. The number of aromatic hydroxyl groups is 1. The number of nitrogens with zero attached hydrogens (tertiary/aromatic N) is 4. The Morgan fingerprint density at radius 3 is 2.22 bits per heavy atom. The average molecular weight is 732 g/mol. The highest BCUT2D eigenvalue weighted by Crippen LogP contribution is 2.47. The number of piperazine rings is 1. The number of benzene rings is 3. The van der Waals surface area contributed by atoms with E-state index < -0.39 is 6.04 Å². The lowest BCUT2D eigenvalue weighted by Gasteiger charge is -2.41. The van der Waals surface area contributed by atoms with E-state index in [4.69, 9.17) is 4.74 Å². The van der Waals surface area contributed by atoms with Crippen LogP contribution in [0.25, 0.3) is 0 Å². The fourth-order valence-electron chi connectivity index (χ4n) is 10.5. The zero-order valence-corrected chi connectivity index (χ0v) is 31.3. The van der Waals surface area contributed by atoms with Gasteiger partial charge < -0.3 is 24.5 Å². The minimum Gasteiger partial charge on any atom is -0.508 e. The van der Waals surface area contributed by atoms with Gasteiger partial charge in [-0.15, -0.1) is 0 Å². The van der Waals surface area contributed by atoms with E-state index in [2.05, 4.69) is 56.4 Å². The fraction of sp³-hybridized carbons (Fsp3) is 0.523. The molecule has 9 rings (SSSR count). The number of carbonyl (C=O) groups is 3. The van der Waals surface area contributed by atoms with Crippen LogP contribution in [0.5, 0.6) is 5.75 Å². The van der Waals surface area contributed by atoms with Crippen molar-refractivity contribution in [2.45, 2.75) is 69.9 Å². The van der Waals surface area contributed by atoms with E-state index in [0.717, 1.165) is 89.5 Å². The van der Waals surface area contributed by atoms with Gasteiger partial charge in [-0.3, -0.25) is 24.6 Å². The Labute approximate surface area is 318 Å². The highest BCUT2D eigenvalue weighted by Gasteiger charge is 2.40. The van der Waals surface area contributed by atoms with E-state index in [-0.39, 0.29) is 24.1 Å². The van der Waals surface area contributed by atoms with Gasteiger partial charge in [0.05, 0.1) is 0 Å². The minimum atomic E-state index is -0.583. The van der Waals surface area contributed by atoms with Crippen LogP contribution in [0.4, 0.5) is 11.4 Å². The second-order valence-corrected chi connectivity index (χ2v) is 16.6. The monoisotopic (exact) mass is 731 g/mol. The molecule has 6 aliphatic rings. The van der Waals surface area contributed by atoms with Gasteiger partial charge in [0.25, 0.3) is 5.91 Å². The van der Waals surface area contributed by atoms with Crippen LogP contribution in [-0.2, 0) is 27.3 Å². The Kier molecular flexibility index (Phi) is 9.82. The van der Waals surface area contributed by atoms with Crippen molar-refractivity contribution in [2.75, 3.05) is 68.8 Å². The van der Waals surface area contributed by atoms with Gasteiger partial charge in [0.1, 0.15) is 11.8 Å². The van der Waals surface area contributed by atoms with Gasteiger partial charge in [-0.1, -0.05) is 18.2 Å². The smallest absolute Gasteiger partial charge is 0.255 e. The first-order valence-corrected chi connectivity index (χ1v) is 20.4. The molecule has 0 unspecified atom stereocenters. The van der Waals surface area contributed by atoms with Crippen LogP contribution in [-0.4, -0.2) is 97.7 Å². The number of fused-ring (bicyclic) bond motifs is 2. The Bertz CT molecular complexity index is 1880. The number of amides is 3. The molecule has 4 fully saturated rings. The molecule has 3 aromatic carbocycles. The number of hydrogen-bond acceptors (Lipinski definition) is 8. The normalized spacial score (nSPS) is 25.8. The third-order valence-electron chi connectivity index (χ3n) is 13.5. The summed E-state index contributed by atoms with van der Waals surface area (Å²) in [7, 11) is 0. The number of anilines is 2. The van der Waals surface area contributed by atoms with Crippen LogP contribution in [0.3, 0.4) is 0 Å². The quantitative estimate of drug-likeness (QED) is 0.315. The Morgan fingerprint density at radius 2 is 1.46 bits per heavy atom. The van der Waals surface area contributed by atoms with Crippen LogP contribution >= 0.6 is 0 Å². The van der Waals surface area contributed by atoms with Crippen molar-refractivity contribution in [2.24, 2.45) is 17.8 Å². The molecule has 284 valence electrons. The predicted molar refractivity (Wildman–Crippen MR) is 208 cm³/mol. The molecule has 0 spiro atoms. The number of phenols is 1. The molecule has 0 radical (unpaired) electrons. The van der Waals surface area contributed by atoms with E-state index in [1.165, 1.54) is 41.6 Å². The van der Waals surface area contributed by atoms with Crippen molar-refractivity contribution in [3.8, 4) is 5.75 Å². The topological polar surface area (TPSA) is 106 Å². The summed E-state index contributed by atoms with van der Waals surface area (Å²) in [6, 6.07) is 21.0. The van der Waals surface area contributed by atoms with Gasteiger partial charge >= 0.3 is 0 Å². The summed E-state index contributed by atoms with van der Waals surface area (Å²) < 4.78 is 5.74. The molecule has 5 heterocycles. The van der Waals surface area contributed by atoms with Gasteiger partial charge in [0.2, 0.25) is 11.8 Å². The largest absolute Gasteiger partial charge is 0.508 e. The number of aryl methyl sites for hydroxylation is 1. The van der Waals surface area contributed by atoms with E-state index in [9.17, 15) is 19.5 Å². The third-order valence-corrected chi connectivity index (χ3v) is 13.5. The summed E-state index contributed by atoms with van der Waals surface area (Å²) in [4.78, 5) is 46.5. The van der Waals surface area contributed by atoms with E-state index >= 15 is 0 Å². The van der Waals surface area contributed by atoms with Gasteiger partial charge in [-0.05, 0) is 127 Å². The summed E-state index contributed by atoms with van der Waals surface area (Å²) in [6.07, 6.45) is 7.55. The number of rotatable bonds is 7. The number of piperidine rings is 2. The zero-order valence-electron chi connectivity index (χ0n) is 31.3. The van der Waals surface area contributed by atoms with Crippen molar-refractivity contribution in [3.63, 3.8) is 0 Å². The standard InChI is InChI=1S/C44H53N5O5/c50-36-7-10-38-32(26-36)3-8-37(30-15-23-54-24-16-30)42(38)31-1-4-34(5-2-31)47-17-13-29(14-18-47)27-46-19-21-48(22-20-46)35-6-9-39-33(25-35)28-49(44(39)53)40-11-12-41(51)45-43(40)52/h1-2,4-7,9-10,25-26,29-30,37,40,42,50H,3,8,11-24,27-28H2,(H,45,51,52)/t37-,40-,42+/m0/s1. The highest BCUT2D eigenvalue weighted by molar-refractivity contribution is 6.05. The lowest BCUT2D eigenvalue weighted by molar-refractivity contribution is -0.136. The first-order valence-electron chi connectivity index (χ1n) is 20.4. The SMILES string of the molecule is O=C1CC[C@H](N2Cc3cc(N4CCN(CC5CCN(c6ccc([C@H]7c8ccc(O)cc8CC[C@H]7C7CCOCC7)cc6)CC5)CC4)ccc3C2=O)C(=O)N1. The van der Waals surface area contributed by atoms with Crippen molar-refractivity contribution in [1.29, 1.82) is 0 Å². The molecule has 1 aliphatic carbocycles. The average Bonchev–Trinajstić information content (AvgIpc) is 3.53. The van der Waals surface area contributed by atoms with Crippen LogP contribution in [0.1, 0.15) is 83.5 Å². The van der Waals surface area contributed by atoms with Crippen LogP contribution < -0.4 is 15.1 Å². The molecule has 3 atom stereocenters. The van der Waals surface area contributed by atoms with Crippen LogP contribution in [0.2, 0.25) is 0 Å². The summed E-state index contributed by atoms with van der Waals surface area (Å²) in [5.41, 5.74) is 8.19. The maximum absolute atomic E-state index is 13.2. The lowest BCUT2D eigenvalue weighted by Crippen LogP contribution is -2.52. The van der Waals surface area contributed by atoms with Gasteiger partial charge in [-0.25, -0.2) is 0 Å². The molecular weight excluding hydrogens is 679 g/mol. The predicted octanol–water partition coefficient (Wildman–Crippen LogP) is 5.31. The Balaban J connectivity index is 0.773. The van der Waals surface area contributed by atoms with Gasteiger partial charge in [0.15, 0.2) is 0 Å². The van der Waals surface area contributed by atoms with Gasteiger partial charge in [0, 0.05) is 94.8 Å².